The Balaban J connectivity index is 2.08. The van der Waals surface area contributed by atoms with Gasteiger partial charge in [0.15, 0.2) is 0 Å². The van der Waals surface area contributed by atoms with Gasteiger partial charge >= 0.3 is 5.69 Å². The number of nitrogens with two attached hydrogens (primary N) is 1. The molecule has 0 fully saturated rings. The predicted octanol–water partition coefficient (Wildman–Crippen LogP) is 1.96. The van der Waals surface area contributed by atoms with Crippen LogP contribution in [0, 0.1) is 5.82 Å². The Morgan fingerprint density at radius 2 is 2.11 bits per heavy atom. The van der Waals surface area contributed by atoms with Crippen LogP contribution in [0.25, 0.3) is 5.57 Å². The van der Waals surface area contributed by atoms with Gasteiger partial charge in [-0.25, -0.2) is 9.18 Å². The van der Waals surface area contributed by atoms with E-state index >= 15 is 0 Å². The van der Waals surface area contributed by atoms with Gasteiger partial charge in [-0.2, -0.15) is 0 Å². The number of aromatic amines is 2. The Hall–Kier alpha value is -2.65. The molecule has 0 bridgehead atoms. The molecule has 1 aliphatic heterocycles. The number of likely N-dealkylation sites (N-methyl/N-ethyl adjacent to an activating group) is 1. The molecule has 1 aromatic carbocycles. The molecule has 1 aliphatic rings. The molecule has 3 rings (SSSR count). The van der Waals surface area contributed by atoms with Crippen molar-refractivity contribution in [3.63, 3.8) is 0 Å². The van der Waals surface area contributed by atoms with Gasteiger partial charge in [-0.3, -0.25) is 9.78 Å². The van der Waals surface area contributed by atoms with Crippen LogP contribution >= 0.6 is 15.9 Å². The summed E-state index contributed by atoms with van der Waals surface area (Å²) in [5.74, 6) is 0.331. The molecule has 2 heterocycles. The summed E-state index contributed by atoms with van der Waals surface area (Å²) in [5, 5.41) is 3.04. The zero-order valence-corrected chi connectivity index (χ0v) is 16.4. The van der Waals surface area contributed by atoms with Crippen LogP contribution in [0.3, 0.4) is 0 Å². The first-order valence-corrected chi connectivity index (χ1v) is 9.01. The molecule has 142 valence electrons. The van der Waals surface area contributed by atoms with Gasteiger partial charge < -0.3 is 20.9 Å². The number of hydrogen-bond donors (Lipinski definition) is 4. The highest BCUT2D eigenvalue weighted by molar-refractivity contribution is 9.10. The molecule has 1 atom stereocenters. The predicted molar refractivity (Wildman–Crippen MR) is 107 cm³/mol. The molecule has 0 amide bonds. The Bertz CT molecular complexity index is 1060. The maximum absolute atomic E-state index is 13.8. The lowest BCUT2D eigenvalue weighted by atomic mass is 9.92. The molecular formula is C18H19BrFN5O2. The van der Waals surface area contributed by atoms with Crippen molar-refractivity contribution in [2.45, 2.75) is 13.0 Å². The number of allylic oxidation sites excluding steroid dienone is 2. The summed E-state index contributed by atoms with van der Waals surface area (Å²) in [6.07, 6.45) is 3.23. The largest absolute Gasteiger partial charge is 0.353 e. The van der Waals surface area contributed by atoms with Crippen LogP contribution in [0.5, 0.6) is 0 Å². The highest BCUT2D eigenvalue weighted by Crippen LogP contribution is 2.35. The molecule has 1 aromatic heterocycles. The van der Waals surface area contributed by atoms with E-state index in [1.807, 2.05) is 24.9 Å². The van der Waals surface area contributed by atoms with E-state index < -0.39 is 11.2 Å². The SMILES string of the molecule is CC1=C(Nc2c[nH]c(=O)[nH]c2=O)N(C)C(CN)C(c2cc(F)ccc2Br)=C1. The van der Waals surface area contributed by atoms with Crippen molar-refractivity contribution in [2.24, 2.45) is 5.73 Å². The summed E-state index contributed by atoms with van der Waals surface area (Å²) >= 11 is 3.47. The van der Waals surface area contributed by atoms with Gasteiger partial charge in [-0.1, -0.05) is 15.9 Å². The molecule has 0 saturated carbocycles. The summed E-state index contributed by atoms with van der Waals surface area (Å²) in [6.45, 7) is 2.16. The number of rotatable bonds is 4. The van der Waals surface area contributed by atoms with E-state index in [0.29, 0.717) is 5.82 Å². The highest BCUT2D eigenvalue weighted by atomic mass is 79.9. The molecule has 0 radical (unpaired) electrons. The van der Waals surface area contributed by atoms with Crippen molar-refractivity contribution < 1.29 is 4.39 Å². The third-order valence-electron chi connectivity index (χ3n) is 4.46. The first kappa shape index (κ1) is 19.1. The van der Waals surface area contributed by atoms with E-state index in [0.717, 1.165) is 21.2 Å². The number of hydrogen-bond acceptors (Lipinski definition) is 5. The second kappa shape index (κ2) is 7.53. The number of benzene rings is 1. The smallest absolute Gasteiger partial charge is 0.325 e. The van der Waals surface area contributed by atoms with Crippen LogP contribution in [0.15, 0.2) is 55.9 Å². The monoisotopic (exact) mass is 435 g/mol. The summed E-state index contributed by atoms with van der Waals surface area (Å²) < 4.78 is 14.6. The van der Waals surface area contributed by atoms with E-state index in [-0.39, 0.29) is 24.1 Å². The van der Waals surface area contributed by atoms with Crippen molar-refractivity contribution in [3.8, 4) is 0 Å². The van der Waals surface area contributed by atoms with Crippen molar-refractivity contribution >= 4 is 27.2 Å². The van der Waals surface area contributed by atoms with E-state index in [1.165, 1.54) is 18.3 Å². The fourth-order valence-corrected chi connectivity index (χ4v) is 3.59. The minimum absolute atomic E-state index is 0.204. The van der Waals surface area contributed by atoms with Gasteiger partial charge in [-0.15, -0.1) is 0 Å². The van der Waals surface area contributed by atoms with E-state index in [2.05, 4.69) is 31.2 Å². The van der Waals surface area contributed by atoms with Gasteiger partial charge in [0.25, 0.3) is 5.56 Å². The van der Waals surface area contributed by atoms with Crippen LogP contribution in [-0.2, 0) is 0 Å². The third-order valence-corrected chi connectivity index (χ3v) is 5.15. The average molecular weight is 436 g/mol. The number of anilines is 1. The Morgan fingerprint density at radius 3 is 2.78 bits per heavy atom. The van der Waals surface area contributed by atoms with Crippen molar-refractivity contribution in [2.75, 3.05) is 18.9 Å². The Kier molecular flexibility index (Phi) is 5.33. The van der Waals surface area contributed by atoms with Crippen molar-refractivity contribution in [3.05, 3.63) is 78.6 Å². The zero-order valence-electron chi connectivity index (χ0n) is 14.8. The second-order valence-corrected chi connectivity index (χ2v) is 7.08. The molecule has 0 spiro atoms. The average Bonchev–Trinajstić information content (AvgIpc) is 2.62. The second-order valence-electron chi connectivity index (χ2n) is 6.23. The topological polar surface area (TPSA) is 107 Å². The minimum Gasteiger partial charge on any atom is -0.353 e. The van der Waals surface area contributed by atoms with Gasteiger partial charge in [0.05, 0.1) is 6.04 Å². The molecule has 9 heteroatoms. The lowest BCUT2D eigenvalue weighted by Crippen LogP contribution is -2.43. The summed E-state index contributed by atoms with van der Waals surface area (Å²) in [5.41, 5.74) is 7.52. The number of nitrogens with one attached hydrogen (secondary N) is 3. The Morgan fingerprint density at radius 1 is 1.37 bits per heavy atom. The van der Waals surface area contributed by atoms with E-state index in [9.17, 15) is 14.0 Å². The molecule has 2 aromatic rings. The third kappa shape index (κ3) is 3.74. The molecule has 0 aliphatic carbocycles. The lowest BCUT2D eigenvalue weighted by Gasteiger charge is -2.38. The summed E-state index contributed by atoms with van der Waals surface area (Å²) in [7, 11) is 1.84. The molecule has 27 heavy (non-hydrogen) atoms. The van der Waals surface area contributed by atoms with Crippen LogP contribution in [0.4, 0.5) is 10.1 Å². The molecule has 1 unspecified atom stereocenters. The minimum atomic E-state index is -0.578. The van der Waals surface area contributed by atoms with Gasteiger partial charge in [0.1, 0.15) is 17.3 Å². The molecule has 7 nitrogen and oxygen atoms in total. The lowest BCUT2D eigenvalue weighted by molar-refractivity contribution is 0.362. The number of nitrogens with zero attached hydrogens (tertiary/aromatic N) is 1. The first-order valence-electron chi connectivity index (χ1n) is 8.21. The van der Waals surface area contributed by atoms with Gasteiger partial charge in [0, 0.05) is 24.3 Å². The zero-order chi connectivity index (χ0) is 19.7. The van der Waals surface area contributed by atoms with E-state index in [1.54, 1.807) is 6.07 Å². The summed E-state index contributed by atoms with van der Waals surface area (Å²) in [4.78, 5) is 29.7. The fraction of sp³-hybridized carbons (Fsp3) is 0.222. The standard InChI is InChI=1S/C18H19BrFN5O2/c1-9-5-12(11-6-10(20)3-4-13(11)19)15(7-21)25(2)16(9)23-14-8-22-18(27)24-17(14)26/h3-6,8,15,23H,7,21H2,1-2H3,(H2,22,24,26,27). The molecular weight excluding hydrogens is 417 g/mol. The first-order chi connectivity index (χ1) is 12.8. The quantitative estimate of drug-likeness (QED) is 0.587. The fourth-order valence-electron chi connectivity index (χ4n) is 3.12. The van der Waals surface area contributed by atoms with E-state index in [4.69, 9.17) is 5.73 Å². The molecule has 5 N–H and O–H groups in total. The number of aromatic nitrogens is 2. The van der Waals surface area contributed by atoms with Crippen LogP contribution in [0.2, 0.25) is 0 Å². The summed E-state index contributed by atoms with van der Waals surface area (Å²) in [6, 6.07) is 4.27. The highest BCUT2D eigenvalue weighted by Gasteiger charge is 2.28. The van der Waals surface area contributed by atoms with Gasteiger partial charge in [0.2, 0.25) is 0 Å². The van der Waals surface area contributed by atoms with Crippen LogP contribution < -0.4 is 22.3 Å². The molecule has 0 saturated heterocycles. The maximum Gasteiger partial charge on any atom is 0.325 e. The van der Waals surface area contributed by atoms with Crippen molar-refractivity contribution in [1.29, 1.82) is 0 Å². The van der Waals surface area contributed by atoms with Crippen LogP contribution in [0.1, 0.15) is 12.5 Å². The normalized spacial score (nSPS) is 17.1. The maximum atomic E-state index is 13.8. The van der Waals surface area contributed by atoms with Gasteiger partial charge in [-0.05, 0) is 47.9 Å². The Labute approximate surface area is 162 Å². The van der Waals surface area contributed by atoms with Crippen LogP contribution in [-0.4, -0.2) is 34.5 Å². The number of halogens is 2. The number of H-pyrrole nitrogens is 2. The van der Waals surface area contributed by atoms with Crippen molar-refractivity contribution in [1.82, 2.24) is 14.9 Å².